The van der Waals surface area contributed by atoms with Gasteiger partial charge >= 0.3 is 0 Å². The first kappa shape index (κ1) is 29.2. The second-order valence-electron chi connectivity index (χ2n) is 9.96. The zero-order valence-electron chi connectivity index (χ0n) is 22.7. The molecule has 1 aromatic heterocycles. The first-order valence-corrected chi connectivity index (χ1v) is 15.8. The number of benzene rings is 1. The molecule has 2 aliphatic rings. The van der Waals surface area contributed by atoms with Crippen LogP contribution in [0.3, 0.4) is 0 Å². The average Bonchev–Trinajstić information content (AvgIpc) is 3.30. The van der Waals surface area contributed by atoms with Crippen LogP contribution in [0.1, 0.15) is 63.8 Å². The normalized spacial score (nSPS) is 16.1. The third-order valence-electron chi connectivity index (χ3n) is 7.18. The van der Waals surface area contributed by atoms with Gasteiger partial charge in [-0.3, -0.25) is 14.5 Å². The molecular weight excluding hydrogens is 532 g/mol. The summed E-state index contributed by atoms with van der Waals surface area (Å²) in [4.78, 5) is 32.5. The van der Waals surface area contributed by atoms with Gasteiger partial charge in [0.05, 0.1) is 10.5 Å². The Hall–Kier alpha value is -2.79. The van der Waals surface area contributed by atoms with E-state index in [9.17, 15) is 18.0 Å². The van der Waals surface area contributed by atoms with Crippen LogP contribution in [0.4, 0.5) is 5.00 Å². The Morgan fingerprint density at radius 2 is 1.72 bits per heavy atom. The van der Waals surface area contributed by atoms with Crippen LogP contribution in [0.25, 0.3) is 0 Å². The summed E-state index contributed by atoms with van der Waals surface area (Å²) in [6.45, 7) is 13.9. The Morgan fingerprint density at radius 3 is 2.33 bits per heavy atom. The van der Waals surface area contributed by atoms with Crippen molar-refractivity contribution in [3.05, 3.63) is 71.1 Å². The van der Waals surface area contributed by atoms with Crippen LogP contribution in [0.2, 0.25) is 0 Å². The van der Waals surface area contributed by atoms with Crippen LogP contribution in [0.15, 0.2) is 54.5 Å². The van der Waals surface area contributed by atoms with Gasteiger partial charge in [0.15, 0.2) is 0 Å². The van der Waals surface area contributed by atoms with Gasteiger partial charge in [-0.25, -0.2) is 8.42 Å². The van der Waals surface area contributed by atoms with E-state index in [0.717, 1.165) is 75.3 Å². The van der Waals surface area contributed by atoms with E-state index in [1.54, 1.807) is 0 Å². The summed E-state index contributed by atoms with van der Waals surface area (Å²) in [7, 11) is -3.76. The lowest BCUT2D eigenvalue weighted by atomic mass is 10.0. The summed E-state index contributed by atoms with van der Waals surface area (Å²) in [6, 6.07) is 5.88. The van der Waals surface area contributed by atoms with E-state index in [1.807, 2.05) is 4.90 Å². The first-order valence-electron chi connectivity index (χ1n) is 13.6. The molecule has 0 unspecified atom stereocenters. The molecule has 8 nitrogen and oxygen atoms in total. The van der Waals surface area contributed by atoms with Crippen molar-refractivity contribution in [3.8, 4) is 0 Å². The number of carbonyl (C=O) groups excluding carboxylic acids is 2. The predicted octanol–water partition coefficient (Wildman–Crippen LogP) is 4.76. The molecule has 210 valence electrons. The van der Waals surface area contributed by atoms with Gasteiger partial charge in [0.1, 0.15) is 5.00 Å². The number of likely N-dealkylation sites (tertiary alicyclic amines) is 1. The monoisotopic (exact) mass is 570 g/mol. The number of nitrogens with zero attached hydrogens (tertiary/aromatic N) is 3. The maximum absolute atomic E-state index is 13.7. The molecule has 0 aliphatic carbocycles. The molecule has 0 saturated carbocycles. The van der Waals surface area contributed by atoms with Gasteiger partial charge in [-0.1, -0.05) is 19.1 Å². The largest absolute Gasteiger partial charge is 0.339 e. The Labute approximate surface area is 236 Å². The molecule has 2 aliphatic heterocycles. The molecule has 1 fully saturated rings. The Morgan fingerprint density at radius 1 is 1.05 bits per heavy atom. The number of nitrogens with one attached hydrogen (secondary N) is 1. The van der Waals surface area contributed by atoms with Crippen LogP contribution in [-0.2, 0) is 23.0 Å². The van der Waals surface area contributed by atoms with E-state index in [1.165, 1.54) is 52.1 Å². The molecule has 1 aromatic carbocycles. The van der Waals surface area contributed by atoms with Crippen LogP contribution in [0.5, 0.6) is 0 Å². The zero-order chi connectivity index (χ0) is 28.0. The maximum Gasteiger partial charge on any atom is 0.257 e. The second kappa shape index (κ2) is 13.0. The molecule has 0 atom stereocenters. The molecule has 1 saturated heterocycles. The van der Waals surface area contributed by atoms with Crippen molar-refractivity contribution in [1.82, 2.24) is 14.1 Å². The molecule has 0 radical (unpaired) electrons. The molecule has 2 aromatic rings. The summed E-state index contributed by atoms with van der Waals surface area (Å²) in [5, 5.41) is 3.58. The number of fused-ring (bicyclic) bond motifs is 1. The molecule has 2 amide bonds. The van der Waals surface area contributed by atoms with Gasteiger partial charge in [-0.2, -0.15) is 4.31 Å². The lowest BCUT2D eigenvalue weighted by molar-refractivity contribution is 0.0724. The number of carbonyl (C=O) groups is 2. The molecular formula is C29H38N4O4S2. The number of sulfonamides is 1. The number of rotatable bonds is 11. The first-order chi connectivity index (χ1) is 18.8. The maximum atomic E-state index is 13.7. The molecule has 0 bridgehead atoms. The van der Waals surface area contributed by atoms with Crippen LogP contribution in [0, 0.1) is 0 Å². The second-order valence-corrected chi connectivity index (χ2v) is 13.0. The van der Waals surface area contributed by atoms with Crippen molar-refractivity contribution in [3.63, 3.8) is 0 Å². The molecule has 39 heavy (non-hydrogen) atoms. The topological polar surface area (TPSA) is 90.0 Å². The van der Waals surface area contributed by atoms with Crippen molar-refractivity contribution in [2.45, 2.75) is 50.5 Å². The number of hydrogen-bond acceptors (Lipinski definition) is 6. The van der Waals surface area contributed by atoms with Crippen LogP contribution in [-0.4, -0.2) is 73.6 Å². The molecule has 10 heteroatoms. The molecule has 3 heterocycles. The fourth-order valence-corrected chi connectivity index (χ4v) is 7.85. The fourth-order valence-electron chi connectivity index (χ4n) is 5.19. The van der Waals surface area contributed by atoms with Crippen molar-refractivity contribution >= 4 is 38.2 Å². The van der Waals surface area contributed by atoms with Gasteiger partial charge in [-0.05, 0) is 68.5 Å². The number of amides is 2. The van der Waals surface area contributed by atoms with Gasteiger partial charge in [0, 0.05) is 49.7 Å². The van der Waals surface area contributed by atoms with Gasteiger partial charge < -0.3 is 10.2 Å². The third-order valence-corrected chi connectivity index (χ3v) is 10.2. The highest BCUT2D eigenvalue weighted by Gasteiger charge is 2.31. The van der Waals surface area contributed by atoms with E-state index in [-0.39, 0.29) is 29.8 Å². The number of piperidine rings is 1. The Kier molecular flexibility index (Phi) is 9.76. The van der Waals surface area contributed by atoms with Gasteiger partial charge in [-0.15, -0.1) is 24.5 Å². The van der Waals surface area contributed by atoms with Crippen LogP contribution >= 0.6 is 11.3 Å². The van der Waals surface area contributed by atoms with E-state index in [4.69, 9.17) is 0 Å². The Bertz CT molecular complexity index is 1300. The van der Waals surface area contributed by atoms with Crippen molar-refractivity contribution in [1.29, 1.82) is 0 Å². The molecule has 4 rings (SSSR count). The zero-order valence-corrected chi connectivity index (χ0v) is 24.3. The summed E-state index contributed by atoms with van der Waals surface area (Å²) >= 11 is 1.49. The summed E-state index contributed by atoms with van der Waals surface area (Å²) < 4.78 is 27.3. The van der Waals surface area contributed by atoms with Crippen molar-refractivity contribution in [2.75, 3.05) is 44.6 Å². The highest BCUT2D eigenvalue weighted by molar-refractivity contribution is 7.89. The summed E-state index contributed by atoms with van der Waals surface area (Å²) in [5.41, 5.74) is 2.01. The smallest absolute Gasteiger partial charge is 0.257 e. The minimum Gasteiger partial charge on any atom is -0.339 e. The number of thiophene rings is 1. The van der Waals surface area contributed by atoms with E-state index in [0.29, 0.717) is 16.1 Å². The van der Waals surface area contributed by atoms with Gasteiger partial charge in [0.25, 0.3) is 11.8 Å². The minimum absolute atomic E-state index is 0.00240. The average molecular weight is 571 g/mol. The van der Waals surface area contributed by atoms with Gasteiger partial charge in [0.2, 0.25) is 10.0 Å². The Balaban J connectivity index is 1.59. The van der Waals surface area contributed by atoms with E-state index < -0.39 is 10.0 Å². The highest BCUT2D eigenvalue weighted by Crippen LogP contribution is 2.38. The van der Waals surface area contributed by atoms with Crippen LogP contribution < -0.4 is 5.32 Å². The quantitative estimate of drug-likeness (QED) is 0.394. The molecule has 0 spiro atoms. The van der Waals surface area contributed by atoms with E-state index >= 15 is 0 Å². The third kappa shape index (κ3) is 6.51. The summed E-state index contributed by atoms with van der Waals surface area (Å²) in [5.74, 6) is -0.373. The van der Waals surface area contributed by atoms with E-state index in [2.05, 4.69) is 30.3 Å². The molecule has 1 N–H and O–H groups in total. The standard InChI is InChI=1S/C29H38N4O4S2/c1-4-15-31-20-14-24-25(21-31)38-28(26(24)29(35)32-18-8-7-9-19-32)30-27(34)22-10-12-23(13-11-22)39(36,37)33(16-5-2)17-6-3/h5-6,10-13H,2-4,7-9,14-21H2,1H3,(H,30,34). The number of anilines is 1. The minimum atomic E-state index is -3.76. The fraction of sp³-hybridized carbons (Fsp3) is 0.448. The SMILES string of the molecule is C=CCN(CC=C)S(=O)(=O)c1ccc(C(=O)Nc2sc3c(c2C(=O)N2CCCCC2)CCN(CCC)C3)cc1. The number of hydrogen-bond donors (Lipinski definition) is 1. The lowest BCUT2D eigenvalue weighted by Gasteiger charge is -2.29. The van der Waals surface area contributed by atoms with Crippen molar-refractivity contribution < 1.29 is 18.0 Å². The summed E-state index contributed by atoms with van der Waals surface area (Å²) in [6.07, 6.45) is 8.02. The highest BCUT2D eigenvalue weighted by atomic mass is 32.2. The predicted molar refractivity (Wildman–Crippen MR) is 157 cm³/mol. The van der Waals surface area contributed by atoms with Crippen molar-refractivity contribution in [2.24, 2.45) is 0 Å². The lowest BCUT2D eigenvalue weighted by Crippen LogP contribution is -2.37.